The molecule has 0 N–H and O–H groups in total. The van der Waals surface area contributed by atoms with Crippen molar-refractivity contribution >= 4 is 17.5 Å². The number of carbonyl (C=O) groups is 2. The van der Waals surface area contributed by atoms with Crippen LogP contribution in [0.15, 0.2) is 72.8 Å². The molecule has 4 rings (SSSR count). The van der Waals surface area contributed by atoms with Crippen LogP contribution in [0.4, 0.5) is 5.69 Å². The predicted octanol–water partition coefficient (Wildman–Crippen LogP) is 3.68. The first-order valence-electron chi connectivity index (χ1n) is 7.80. The van der Waals surface area contributed by atoms with Crippen LogP contribution in [0, 0.1) is 17.9 Å². The quantitative estimate of drug-likeness (QED) is 0.348. The molecule has 1 aliphatic heterocycles. The first-order chi connectivity index (χ1) is 12.2. The van der Waals surface area contributed by atoms with E-state index in [2.05, 4.69) is 17.9 Å². The van der Waals surface area contributed by atoms with Gasteiger partial charge in [-0.3, -0.25) is 14.5 Å². The summed E-state index contributed by atoms with van der Waals surface area (Å²) >= 11 is 0. The summed E-state index contributed by atoms with van der Waals surface area (Å²) in [6.07, 6.45) is 0. The van der Waals surface area contributed by atoms with Crippen molar-refractivity contribution in [1.82, 2.24) is 0 Å². The number of amides is 2. The first kappa shape index (κ1) is 18.3. The molecule has 3 nitrogen and oxygen atoms in total. The van der Waals surface area contributed by atoms with Crippen molar-refractivity contribution in [2.45, 2.75) is 0 Å². The van der Waals surface area contributed by atoms with Crippen molar-refractivity contribution in [2.75, 3.05) is 4.90 Å². The summed E-state index contributed by atoms with van der Waals surface area (Å²) < 4.78 is 0. The van der Waals surface area contributed by atoms with Gasteiger partial charge in [0.05, 0.1) is 11.1 Å². The summed E-state index contributed by atoms with van der Waals surface area (Å²) in [5, 5.41) is 0. The standard InChI is InChI=1S/C22H12NO2.Y/c24-21-19-14-13-17(12-11-16-7-3-1-4-8-16)15-20(19)22(25)23(21)18-9-5-2-6-10-18;/h1,3-10,13-15H;/q-1;. The number of imide groups is 1. The second kappa shape index (κ2) is 7.78. The molecule has 0 saturated carbocycles. The number of carbonyl (C=O) groups excluding carboxylic acids is 2. The number of fused-ring (bicyclic) bond motifs is 1. The minimum atomic E-state index is -0.324. The van der Waals surface area contributed by atoms with Crippen LogP contribution in [0.25, 0.3) is 0 Å². The molecule has 0 spiro atoms. The largest absolute Gasteiger partial charge is 0.268 e. The number of hydrogen-bond acceptors (Lipinski definition) is 2. The van der Waals surface area contributed by atoms with Crippen molar-refractivity contribution < 1.29 is 42.3 Å². The molecular weight excluding hydrogens is 399 g/mol. The SMILES string of the molecule is O=C1c2ccc(C#Cc3ccccc3)cc2C(=O)N1c1cc[c-]cc1.[Y]. The van der Waals surface area contributed by atoms with Crippen LogP contribution in [0.1, 0.15) is 31.8 Å². The molecule has 0 atom stereocenters. The maximum atomic E-state index is 12.7. The number of benzene rings is 3. The number of nitrogens with zero attached hydrogens (tertiary/aromatic N) is 1. The molecule has 1 heterocycles. The molecule has 4 heteroatoms. The third kappa shape index (κ3) is 3.39. The third-order valence-electron chi connectivity index (χ3n) is 3.97. The van der Waals surface area contributed by atoms with Gasteiger partial charge in [0.2, 0.25) is 0 Å². The second-order valence-corrected chi connectivity index (χ2v) is 5.58. The number of anilines is 1. The van der Waals surface area contributed by atoms with Crippen LogP contribution in [0.2, 0.25) is 0 Å². The minimum Gasteiger partial charge on any atom is -0.268 e. The Labute approximate surface area is 176 Å². The van der Waals surface area contributed by atoms with Crippen molar-refractivity contribution in [3.05, 3.63) is 101 Å². The Kier molecular flexibility index (Phi) is 5.47. The fourth-order valence-electron chi connectivity index (χ4n) is 2.75. The summed E-state index contributed by atoms with van der Waals surface area (Å²) in [6, 6.07) is 24.3. The van der Waals surface area contributed by atoms with E-state index in [0.717, 1.165) is 5.56 Å². The van der Waals surface area contributed by atoms with Crippen LogP contribution in [-0.4, -0.2) is 11.8 Å². The molecule has 3 aromatic carbocycles. The van der Waals surface area contributed by atoms with Crippen molar-refractivity contribution in [1.29, 1.82) is 0 Å². The third-order valence-corrected chi connectivity index (χ3v) is 3.97. The van der Waals surface area contributed by atoms with E-state index in [0.29, 0.717) is 22.4 Å². The van der Waals surface area contributed by atoms with Gasteiger partial charge in [-0.15, -0.1) is 12.1 Å². The maximum absolute atomic E-state index is 12.7. The summed E-state index contributed by atoms with van der Waals surface area (Å²) in [5.41, 5.74) is 2.93. The maximum Gasteiger partial charge on any atom is 0.264 e. The molecule has 0 bridgehead atoms. The van der Waals surface area contributed by atoms with Gasteiger partial charge in [0.15, 0.2) is 0 Å². The van der Waals surface area contributed by atoms with Crippen LogP contribution >= 0.6 is 0 Å². The number of rotatable bonds is 1. The zero-order chi connectivity index (χ0) is 17.2. The normalized spacial score (nSPS) is 12.1. The van der Waals surface area contributed by atoms with E-state index >= 15 is 0 Å². The average molecular weight is 411 g/mol. The van der Waals surface area contributed by atoms with Crippen molar-refractivity contribution in [2.24, 2.45) is 0 Å². The Bertz CT molecular complexity index is 1030. The second-order valence-electron chi connectivity index (χ2n) is 5.58. The summed E-state index contributed by atoms with van der Waals surface area (Å²) in [7, 11) is 0. The molecule has 3 aromatic rings. The Hall–Kier alpha value is -2.54. The van der Waals surface area contributed by atoms with E-state index < -0.39 is 0 Å². The van der Waals surface area contributed by atoms with Gasteiger partial charge in [-0.1, -0.05) is 35.7 Å². The smallest absolute Gasteiger partial charge is 0.264 e. The van der Waals surface area contributed by atoms with E-state index in [1.165, 1.54) is 4.90 Å². The summed E-state index contributed by atoms with van der Waals surface area (Å²) in [5.74, 6) is 5.46. The van der Waals surface area contributed by atoms with E-state index in [1.807, 2.05) is 30.3 Å². The van der Waals surface area contributed by atoms with Gasteiger partial charge in [-0.05, 0) is 30.3 Å². The van der Waals surface area contributed by atoms with Gasteiger partial charge in [-0.2, -0.15) is 18.2 Å². The van der Waals surface area contributed by atoms with E-state index in [9.17, 15) is 9.59 Å². The molecule has 1 radical (unpaired) electrons. The Morgan fingerprint density at radius 3 is 2.12 bits per heavy atom. The molecule has 0 aliphatic carbocycles. The van der Waals surface area contributed by atoms with Gasteiger partial charge in [0.25, 0.3) is 11.8 Å². The predicted molar refractivity (Wildman–Crippen MR) is 95.3 cm³/mol. The van der Waals surface area contributed by atoms with Gasteiger partial charge in [-0.25, -0.2) is 0 Å². The van der Waals surface area contributed by atoms with Crippen LogP contribution in [0.3, 0.4) is 0 Å². The molecule has 121 valence electrons. The Morgan fingerprint density at radius 2 is 1.38 bits per heavy atom. The van der Waals surface area contributed by atoms with Crippen LogP contribution < -0.4 is 4.90 Å². The zero-order valence-corrected chi connectivity index (χ0v) is 16.6. The van der Waals surface area contributed by atoms with Crippen LogP contribution in [-0.2, 0) is 32.7 Å². The molecule has 0 saturated heterocycles. The zero-order valence-electron chi connectivity index (χ0n) is 13.8. The Balaban J connectivity index is 0.00000196. The van der Waals surface area contributed by atoms with E-state index in [-0.39, 0.29) is 44.5 Å². The monoisotopic (exact) mass is 411 g/mol. The van der Waals surface area contributed by atoms with Crippen molar-refractivity contribution in [3.8, 4) is 11.8 Å². The van der Waals surface area contributed by atoms with Crippen LogP contribution in [0.5, 0.6) is 0 Å². The average Bonchev–Trinajstić information content (AvgIpc) is 2.92. The molecular formula is C22H12NO2Y-. The fraction of sp³-hybridized carbons (Fsp3) is 0. The van der Waals surface area contributed by atoms with Gasteiger partial charge < -0.3 is 0 Å². The molecule has 0 fully saturated rings. The van der Waals surface area contributed by atoms with Gasteiger partial charge in [0, 0.05) is 43.8 Å². The molecule has 2 amide bonds. The van der Waals surface area contributed by atoms with E-state index in [1.54, 1.807) is 42.5 Å². The summed E-state index contributed by atoms with van der Waals surface area (Å²) in [4.78, 5) is 26.4. The first-order valence-corrected chi connectivity index (χ1v) is 7.80. The van der Waals surface area contributed by atoms with Gasteiger partial charge in [0.1, 0.15) is 0 Å². The fourth-order valence-corrected chi connectivity index (χ4v) is 2.75. The van der Waals surface area contributed by atoms with Crippen molar-refractivity contribution in [3.63, 3.8) is 0 Å². The summed E-state index contributed by atoms with van der Waals surface area (Å²) in [6.45, 7) is 0. The number of hydrogen-bond donors (Lipinski definition) is 0. The van der Waals surface area contributed by atoms with Gasteiger partial charge >= 0.3 is 0 Å². The molecule has 0 aromatic heterocycles. The topological polar surface area (TPSA) is 37.4 Å². The molecule has 1 aliphatic rings. The van der Waals surface area contributed by atoms with E-state index in [4.69, 9.17) is 0 Å². The Morgan fingerprint density at radius 1 is 0.731 bits per heavy atom. The molecule has 0 unspecified atom stereocenters. The minimum absolute atomic E-state index is 0. The molecule has 26 heavy (non-hydrogen) atoms.